The number of halogens is 3. The Morgan fingerprint density at radius 2 is 1.73 bits per heavy atom. The lowest BCUT2D eigenvalue weighted by Crippen LogP contribution is -2.32. The molecular weight excluding hydrogens is 345 g/mol. The van der Waals surface area contributed by atoms with Crippen molar-refractivity contribution in [1.82, 2.24) is 4.90 Å². The predicted octanol–water partition coefficient (Wildman–Crippen LogP) is 4.04. The Hall–Kier alpha value is -2.54. The number of carbonyl (C=O) groups excluding carboxylic acids is 1. The second-order valence-electron chi connectivity index (χ2n) is 5.84. The number of alkyl halides is 3. The summed E-state index contributed by atoms with van der Waals surface area (Å²) in [7, 11) is 1.73. The van der Waals surface area contributed by atoms with Crippen molar-refractivity contribution in [2.45, 2.75) is 12.6 Å². The monoisotopic (exact) mass is 366 g/mol. The van der Waals surface area contributed by atoms with Gasteiger partial charge in [-0.3, -0.25) is 9.69 Å². The van der Waals surface area contributed by atoms with E-state index in [0.717, 1.165) is 11.8 Å². The van der Waals surface area contributed by atoms with Gasteiger partial charge >= 0.3 is 6.18 Å². The Balaban J connectivity index is 1.75. The van der Waals surface area contributed by atoms with E-state index in [-0.39, 0.29) is 12.2 Å². The maximum absolute atomic E-state index is 12.9. The molecule has 0 unspecified atom stereocenters. The number of hydrogen-bond acceptors (Lipinski definition) is 3. The fourth-order valence-electron chi connectivity index (χ4n) is 2.39. The van der Waals surface area contributed by atoms with Gasteiger partial charge in [-0.2, -0.15) is 13.2 Å². The Labute approximate surface area is 150 Å². The lowest BCUT2D eigenvalue weighted by molar-refractivity contribution is -0.137. The lowest BCUT2D eigenvalue weighted by atomic mass is 10.1. The van der Waals surface area contributed by atoms with E-state index < -0.39 is 17.6 Å². The molecule has 26 heavy (non-hydrogen) atoms. The number of nitrogens with one attached hydrogen (secondary N) is 1. The normalized spacial score (nSPS) is 11.4. The summed E-state index contributed by atoms with van der Waals surface area (Å²) < 4.78 is 44.4. The third-order valence-electron chi connectivity index (χ3n) is 3.62. The molecule has 1 amide bonds. The molecule has 7 heteroatoms. The molecular formula is C19H21F3N2O2. The van der Waals surface area contributed by atoms with Gasteiger partial charge in [-0.25, -0.2) is 0 Å². The summed E-state index contributed by atoms with van der Waals surface area (Å²) in [5.74, 6) is 0.282. The first kappa shape index (κ1) is 19.8. The molecule has 0 aliphatic rings. The summed E-state index contributed by atoms with van der Waals surface area (Å²) in [6.45, 7) is 1.07. The van der Waals surface area contributed by atoms with E-state index in [4.69, 9.17) is 4.74 Å². The number of carbonyl (C=O) groups is 1. The minimum atomic E-state index is -4.51. The molecule has 0 aliphatic carbocycles. The first-order chi connectivity index (χ1) is 12.4. The van der Waals surface area contributed by atoms with Crippen molar-refractivity contribution in [3.05, 3.63) is 60.2 Å². The largest absolute Gasteiger partial charge is 0.494 e. The van der Waals surface area contributed by atoms with Gasteiger partial charge in [-0.15, -0.1) is 0 Å². The highest BCUT2D eigenvalue weighted by Gasteiger charge is 2.33. The standard InChI is InChI=1S/C19H21F3N2O2/c1-24(12-7-13-26-15-8-3-2-4-9-15)14-18(25)23-17-11-6-5-10-16(17)19(20,21)22/h2-6,8-11H,7,12-14H2,1H3,(H,23,25). The van der Waals surface area contributed by atoms with Crippen LogP contribution in [0.4, 0.5) is 18.9 Å². The minimum Gasteiger partial charge on any atom is -0.494 e. The molecule has 0 aliphatic heterocycles. The number of benzene rings is 2. The number of ether oxygens (including phenoxy) is 1. The summed E-state index contributed by atoms with van der Waals surface area (Å²) in [6, 6.07) is 14.3. The number of rotatable bonds is 8. The average molecular weight is 366 g/mol. The van der Waals surface area contributed by atoms with Crippen molar-refractivity contribution < 1.29 is 22.7 Å². The maximum Gasteiger partial charge on any atom is 0.418 e. The molecule has 0 saturated heterocycles. The predicted molar refractivity (Wildman–Crippen MR) is 94.1 cm³/mol. The molecule has 0 bridgehead atoms. The van der Waals surface area contributed by atoms with E-state index in [9.17, 15) is 18.0 Å². The molecule has 0 spiro atoms. The van der Waals surface area contributed by atoms with Crippen LogP contribution in [0.5, 0.6) is 5.75 Å². The zero-order valence-corrected chi connectivity index (χ0v) is 14.4. The SMILES string of the molecule is CN(CCCOc1ccccc1)CC(=O)Nc1ccccc1C(F)(F)F. The summed E-state index contributed by atoms with van der Waals surface area (Å²) >= 11 is 0. The molecule has 4 nitrogen and oxygen atoms in total. The third kappa shape index (κ3) is 6.40. The molecule has 0 radical (unpaired) electrons. The van der Waals surface area contributed by atoms with Crippen molar-refractivity contribution in [3.8, 4) is 5.75 Å². The zero-order valence-electron chi connectivity index (χ0n) is 14.4. The van der Waals surface area contributed by atoms with Gasteiger partial charge in [0.05, 0.1) is 24.4 Å². The lowest BCUT2D eigenvalue weighted by Gasteiger charge is -2.18. The van der Waals surface area contributed by atoms with E-state index in [1.165, 1.54) is 18.2 Å². The molecule has 2 aromatic carbocycles. The number of likely N-dealkylation sites (N-methyl/N-ethyl adjacent to an activating group) is 1. The van der Waals surface area contributed by atoms with Crippen molar-refractivity contribution in [2.75, 3.05) is 32.1 Å². The molecule has 0 heterocycles. The molecule has 0 saturated carbocycles. The average Bonchev–Trinajstić information content (AvgIpc) is 2.59. The Bertz CT molecular complexity index is 705. The van der Waals surface area contributed by atoms with Gasteiger partial charge in [-0.1, -0.05) is 30.3 Å². The molecule has 2 rings (SSSR count). The fraction of sp³-hybridized carbons (Fsp3) is 0.316. The van der Waals surface area contributed by atoms with Gasteiger partial charge in [-0.05, 0) is 37.7 Å². The highest BCUT2D eigenvalue weighted by Crippen LogP contribution is 2.34. The quantitative estimate of drug-likeness (QED) is 0.717. The number of amides is 1. The van der Waals surface area contributed by atoms with Gasteiger partial charge in [0, 0.05) is 6.54 Å². The van der Waals surface area contributed by atoms with Crippen LogP contribution in [0.25, 0.3) is 0 Å². The number of nitrogens with zero attached hydrogens (tertiary/aromatic N) is 1. The number of para-hydroxylation sites is 2. The summed E-state index contributed by atoms with van der Waals surface area (Å²) in [6.07, 6.45) is -3.82. The van der Waals surface area contributed by atoms with Crippen LogP contribution in [0.3, 0.4) is 0 Å². The molecule has 0 aromatic heterocycles. The highest BCUT2D eigenvalue weighted by molar-refractivity contribution is 5.93. The second-order valence-corrected chi connectivity index (χ2v) is 5.84. The van der Waals surface area contributed by atoms with Crippen LogP contribution in [-0.4, -0.2) is 37.6 Å². The van der Waals surface area contributed by atoms with Crippen molar-refractivity contribution in [3.63, 3.8) is 0 Å². The van der Waals surface area contributed by atoms with Crippen LogP contribution < -0.4 is 10.1 Å². The first-order valence-corrected chi connectivity index (χ1v) is 8.19. The van der Waals surface area contributed by atoms with Gasteiger partial charge in [0.15, 0.2) is 0 Å². The Morgan fingerprint density at radius 1 is 1.08 bits per heavy atom. The molecule has 1 N–H and O–H groups in total. The van der Waals surface area contributed by atoms with Crippen LogP contribution in [-0.2, 0) is 11.0 Å². The van der Waals surface area contributed by atoms with E-state index >= 15 is 0 Å². The summed E-state index contributed by atoms with van der Waals surface area (Å²) in [5, 5.41) is 2.33. The first-order valence-electron chi connectivity index (χ1n) is 8.19. The van der Waals surface area contributed by atoms with E-state index in [1.807, 2.05) is 30.3 Å². The van der Waals surface area contributed by atoms with Crippen LogP contribution in [0, 0.1) is 0 Å². The van der Waals surface area contributed by atoms with Crippen LogP contribution in [0.2, 0.25) is 0 Å². The van der Waals surface area contributed by atoms with Crippen LogP contribution in [0.15, 0.2) is 54.6 Å². The van der Waals surface area contributed by atoms with Gasteiger partial charge in [0.25, 0.3) is 0 Å². The minimum absolute atomic E-state index is 0.00245. The van der Waals surface area contributed by atoms with Crippen molar-refractivity contribution >= 4 is 11.6 Å². The van der Waals surface area contributed by atoms with E-state index in [1.54, 1.807) is 11.9 Å². The smallest absolute Gasteiger partial charge is 0.418 e. The molecule has 2 aromatic rings. The fourth-order valence-corrected chi connectivity index (χ4v) is 2.39. The second kappa shape index (κ2) is 9.24. The molecule has 0 atom stereocenters. The van der Waals surface area contributed by atoms with Gasteiger partial charge in [0.2, 0.25) is 5.91 Å². The third-order valence-corrected chi connectivity index (χ3v) is 3.62. The maximum atomic E-state index is 12.9. The van der Waals surface area contributed by atoms with Crippen molar-refractivity contribution in [1.29, 1.82) is 0 Å². The Morgan fingerprint density at radius 3 is 2.42 bits per heavy atom. The van der Waals surface area contributed by atoms with Crippen LogP contribution >= 0.6 is 0 Å². The van der Waals surface area contributed by atoms with Crippen molar-refractivity contribution in [2.24, 2.45) is 0 Å². The summed E-state index contributed by atoms with van der Waals surface area (Å²) in [5.41, 5.74) is -1.09. The van der Waals surface area contributed by atoms with Gasteiger partial charge < -0.3 is 10.1 Å². The summed E-state index contributed by atoms with van der Waals surface area (Å²) in [4.78, 5) is 13.7. The van der Waals surface area contributed by atoms with Gasteiger partial charge in [0.1, 0.15) is 5.75 Å². The molecule has 0 fully saturated rings. The van der Waals surface area contributed by atoms with E-state index in [2.05, 4.69) is 5.32 Å². The highest BCUT2D eigenvalue weighted by atomic mass is 19.4. The van der Waals surface area contributed by atoms with E-state index in [0.29, 0.717) is 19.6 Å². The van der Waals surface area contributed by atoms with Crippen LogP contribution in [0.1, 0.15) is 12.0 Å². The number of anilines is 1. The topological polar surface area (TPSA) is 41.6 Å². The number of hydrogen-bond donors (Lipinski definition) is 1. The zero-order chi connectivity index (χ0) is 19.0. The Kier molecular flexibility index (Phi) is 7.03. The molecule has 140 valence electrons.